The smallest absolute Gasteiger partial charge is 0.418 e. The number of amides is 4. The van der Waals surface area contributed by atoms with Crippen molar-refractivity contribution in [1.29, 1.82) is 0 Å². The van der Waals surface area contributed by atoms with Crippen LogP contribution in [0.1, 0.15) is 71.0 Å². The average molecular weight is 781 g/mol. The summed E-state index contributed by atoms with van der Waals surface area (Å²) >= 11 is 6.25. The highest BCUT2D eigenvalue weighted by atomic mass is 35.5. The van der Waals surface area contributed by atoms with Crippen molar-refractivity contribution in [2.75, 3.05) is 50.3 Å². The molecule has 4 aromatic rings. The first-order chi connectivity index (χ1) is 26.4. The summed E-state index contributed by atoms with van der Waals surface area (Å²) < 4.78 is 44.1. The number of carboxylic acid groups (broad SMARTS) is 1. The van der Waals surface area contributed by atoms with Gasteiger partial charge in [0.2, 0.25) is 0 Å². The first-order valence-corrected chi connectivity index (χ1v) is 19.1. The molecule has 1 atom stereocenters. The molecule has 5 N–H and O–H groups in total. The monoisotopic (exact) mass is 780 g/mol. The molecule has 0 radical (unpaired) electrons. The quantitative estimate of drug-likeness (QED) is 0.126. The van der Waals surface area contributed by atoms with Crippen molar-refractivity contribution in [3.63, 3.8) is 0 Å². The van der Waals surface area contributed by atoms with E-state index in [-0.39, 0.29) is 34.6 Å². The predicted molar refractivity (Wildman–Crippen MR) is 203 cm³/mol. The van der Waals surface area contributed by atoms with Gasteiger partial charge in [-0.3, -0.25) is 0 Å². The number of fused-ring (bicyclic) bond motifs is 2. The number of halogens is 4. The summed E-state index contributed by atoms with van der Waals surface area (Å²) in [5.41, 5.74) is 7.21. The number of carbonyl (C=O) groups excluding carboxylic acids is 2. The molecule has 3 aliphatic heterocycles. The summed E-state index contributed by atoms with van der Waals surface area (Å²) in [5.74, 6) is -0.747. The number of nitrogens with two attached hydrogens (primary N) is 1. The maximum absolute atomic E-state index is 14.1. The number of benzene rings is 3. The molecule has 1 aromatic heterocycles. The van der Waals surface area contributed by atoms with Gasteiger partial charge in [-0.05, 0) is 106 Å². The Hall–Kier alpha value is -5.02. The Morgan fingerprint density at radius 2 is 1.76 bits per heavy atom. The molecule has 2 fully saturated rings. The Labute approximate surface area is 321 Å². The fourth-order valence-corrected chi connectivity index (χ4v) is 8.31. The minimum atomic E-state index is -4.77. The van der Waals surface area contributed by atoms with Crippen molar-refractivity contribution < 1.29 is 32.7 Å². The molecule has 4 heterocycles. The van der Waals surface area contributed by atoms with Gasteiger partial charge in [-0.15, -0.1) is 0 Å². The zero-order valence-corrected chi connectivity index (χ0v) is 31.0. The number of rotatable bonds is 10. The topological polar surface area (TPSA) is 149 Å². The van der Waals surface area contributed by atoms with E-state index in [1.54, 1.807) is 11.0 Å². The highest BCUT2D eigenvalue weighted by molar-refractivity contribution is 6.33. The third-order valence-electron chi connectivity index (χ3n) is 11.0. The minimum absolute atomic E-state index is 0.0336. The number of anilines is 2. The number of nitrogens with zero attached hydrogens (tertiary/aromatic N) is 5. The van der Waals surface area contributed by atoms with Crippen molar-refractivity contribution in [2.45, 2.75) is 69.8 Å². The third-order valence-corrected chi connectivity index (χ3v) is 11.3. The van der Waals surface area contributed by atoms with Gasteiger partial charge in [0, 0.05) is 44.3 Å². The molecule has 0 aliphatic carbocycles. The van der Waals surface area contributed by atoms with E-state index in [0.29, 0.717) is 62.3 Å². The van der Waals surface area contributed by atoms with E-state index < -0.39 is 35.5 Å². The number of carboxylic acids is 1. The molecule has 0 bridgehead atoms. The van der Waals surface area contributed by atoms with E-state index in [1.807, 2.05) is 33.7 Å². The molecule has 3 aliphatic rings. The molecule has 4 amide bonds. The Morgan fingerprint density at radius 3 is 2.49 bits per heavy atom. The maximum atomic E-state index is 14.1. The van der Waals surface area contributed by atoms with Crippen molar-refractivity contribution in [3.8, 4) is 0 Å². The number of imidazole rings is 1. The van der Waals surface area contributed by atoms with Crippen LogP contribution in [-0.2, 0) is 25.6 Å². The lowest BCUT2D eigenvalue weighted by molar-refractivity contribution is -0.137. The van der Waals surface area contributed by atoms with Gasteiger partial charge in [-0.2, -0.15) is 13.2 Å². The van der Waals surface area contributed by atoms with Crippen LogP contribution in [0.15, 0.2) is 54.6 Å². The van der Waals surface area contributed by atoms with Gasteiger partial charge in [0.1, 0.15) is 5.82 Å². The summed E-state index contributed by atoms with van der Waals surface area (Å²) in [6.07, 6.45) is -0.103. The first-order valence-electron chi connectivity index (χ1n) is 18.7. The van der Waals surface area contributed by atoms with Gasteiger partial charge in [0.05, 0.1) is 38.9 Å². The van der Waals surface area contributed by atoms with Crippen LogP contribution >= 0.6 is 11.6 Å². The predicted octanol–water partition coefficient (Wildman–Crippen LogP) is 7.02. The van der Waals surface area contributed by atoms with Crippen LogP contribution in [0.2, 0.25) is 5.02 Å². The second-order valence-electron chi connectivity index (χ2n) is 14.5. The fourth-order valence-electron chi connectivity index (χ4n) is 8.07. The van der Waals surface area contributed by atoms with Crippen LogP contribution in [0.4, 0.5) is 34.1 Å². The van der Waals surface area contributed by atoms with E-state index in [2.05, 4.69) is 15.5 Å². The first kappa shape index (κ1) is 38.3. The normalized spacial score (nSPS) is 17.6. The Morgan fingerprint density at radius 1 is 1.02 bits per heavy atom. The van der Waals surface area contributed by atoms with Gasteiger partial charge < -0.3 is 40.7 Å². The number of hydrogen-bond acceptors (Lipinski definition) is 6. The lowest BCUT2D eigenvalue weighted by Gasteiger charge is -2.38. The SMILES string of the molecule is Nc1c(Cl)cc(C[C@@H](NC(=O)N2CCC(N3CCc4ccccc4NC3=O)CC2)c2nc3cc(C(=O)O)ccc3n2CCCN2CCCC2)cc1C(F)(F)F. The number of aromatic nitrogens is 2. The zero-order chi connectivity index (χ0) is 38.9. The lowest BCUT2D eigenvalue weighted by atomic mass is 10.0. The number of likely N-dealkylation sites (tertiary alicyclic amines) is 2. The summed E-state index contributed by atoms with van der Waals surface area (Å²) in [7, 11) is 0. The highest BCUT2D eigenvalue weighted by Crippen LogP contribution is 2.39. The van der Waals surface area contributed by atoms with Crippen molar-refractivity contribution in [1.82, 2.24) is 29.6 Å². The second kappa shape index (κ2) is 16.0. The number of urea groups is 2. The van der Waals surface area contributed by atoms with Crippen LogP contribution in [-0.4, -0.2) is 92.7 Å². The van der Waals surface area contributed by atoms with Crippen LogP contribution in [0.5, 0.6) is 0 Å². The minimum Gasteiger partial charge on any atom is -0.478 e. The molecule has 0 saturated carbocycles. The van der Waals surface area contributed by atoms with E-state index in [1.165, 1.54) is 18.2 Å². The number of aryl methyl sites for hydroxylation is 1. The number of piperidine rings is 1. The van der Waals surface area contributed by atoms with Crippen molar-refractivity contribution in [3.05, 3.63) is 87.7 Å². The van der Waals surface area contributed by atoms with Crippen molar-refractivity contribution in [2.24, 2.45) is 0 Å². The standard InChI is InChI=1S/C39H44ClF3N8O4/c40-29-21-24(20-28(34(29)44)39(41,42)43)22-32(35-45-31-23-26(36(52)53)8-9-33(31)51(35)16-5-15-48-13-3-4-14-48)47-37(54)49-17-11-27(12-18-49)50-19-10-25-6-1-2-7-30(25)46-38(50)55/h1-2,6-9,20-21,23,27,32H,3-5,10-19,22,44H2,(H,46,55)(H,47,54)(H,52,53)/t32-/m1/s1. The highest BCUT2D eigenvalue weighted by Gasteiger charge is 2.36. The summed E-state index contributed by atoms with van der Waals surface area (Å²) in [5, 5.41) is 15.5. The van der Waals surface area contributed by atoms with E-state index in [0.717, 1.165) is 56.2 Å². The number of nitrogen functional groups attached to an aromatic ring is 1. The molecule has 3 aromatic carbocycles. The molecule has 16 heteroatoms. The molecule has 0 spiro atoms. The fraction of sp³-hybridized carbons (Fsp3) is 0.436. The maximum Gasteiger partial charge on any atom is 0.418 e. The number of para-hydroxylation sites is 1. The molecule has 12 nitrogen and oxygen atoms in total. The Kier molecular flexibility index (Phi) is 11.1. The Bertz CT molecular complexity index is 2080. The number of hydrogen-bond donors (Lipinski definition) is 4. The number of alkyl halides is 3. The summed E-state index contributed by atoms with van der Waals surface area (Å²) in [6.45, 7) is 4.55. The molecular formula is C39H44ClF3N8O4. The lowest BCUT2D eigenvalue weighted by Crippen LogP contribution is -2.52. The molecule has 292 valence electrons. The van der Waals surface area contributed by atoms with Crippen LogP contribution in [0, 0.1) is 0 Å². The average Bonchev–Trinajstić information content (AvgIpc) is 3.77. The molecule has 7 rings (SSSR count). The zero-order valence-electron chi connectivity index (χ0n) is 30.2. The third kappa shape index (κ3) is 8.47. The summed E-state index contributed by atoms with van der Waals surface area (Å²) in [6, 6.07) is 13.0. The van der Waals surface area contributed by atoms with Crippen molar-refractivity contribution >= 4 is 52.0 Å². The number of aromatic carboxylic acids is 1. The molecular weight excluding hydrogens is 737 g/mol. The Balaban J connectivity index is 1.16. The van der Waals surface area contributed by atoms with Gasteiger partial charge in [-0.1, -0.05) is 29.8 Å². The van der Waals surface area contributed by atoms with Crippen LogP contribution in [0.3, 0.4) is 0 Å². The van der Waals surface area contributed by atoms with Gasteiger partial charge in [-0.25, -0.2) is 19.4 Å². The van der Waals surface area contributed by atoms with Gasteiger partial charge in [0.15, 0.2) is 0 Å². The van der Waals surface area contributed by atoms with E-state index in [4.69, 9.17) is 22.3 Å². The number of nitrogens with one attached hydrogen (secondary N) is 2. The largest absolute Gasteiger partial charge is 0.478 e. The van der Waals surface area contributed by atoms with E-state index >= 15 is 0 Å². The second-order valence-corrected chi connectivity index (χ2v) is 14.9. The van der Waals surface area contributed by atoms with Gasteiger partial charge >= 0.3 is 24.2 Å². The summed E-state index contributed by atoms with van der Waals surface area (Å²) in [4.78, 5) is 49.9. The molecule has 55 heavy (non-hydrogen) atoms. The molecule has 2 saturated heterocycles. The number of carbonyl (C=O) groups is 3. The molecule has 0 unspecified atom stereocenters. The van der Waals surface area contributed by atoms with E-state index in [9.17, 15) is 32.7 Å². The van der Waals surface area contributed by atoms with Crippen LogP contribution in [0.25, 0.3) is 11.0 Å². The van der Waals surface area contributed by atoms with Gasteiger partial charge in [0.25, 0.3) is 0 Å². The van der Waals surface area contributed by atoms with Crippen LogP contribution < -0.4 is 16.4 Å².